The van der Waals surface area contributed by atoms with Crippen molar-refractivity contribution in [1.29, 1.82) is 5.26 Å². The van der Waals surface area contributed by atoms with Gasteiger partial charge < -0.3 is 10.1 Å². The molecule has 0 unspecified atom stereocenters. The predicted octanol–water partition coefficient (Wildman–Crippen LogP) is 2.96. The van der Waals surface area contributed by atoms with Crippen LogP contribution in [0.1, 0.15) is 15.9 Å². The lowest BCUT2D eigenvalue weighted by molar-refractivity contribution is -0.117. The summed E-state index contributed by atoms with van der Waals surface area (Å²) in [6.07, 6.45) is 0. The zero-order chi connectivity index (χ0) is 16.8. The minimum atomic E-state index is -1.41. The number of hydrogen-bond acceptors (Lipinski definition) is 4. The van der Waals surface area contributed by atoms with Crippen molar-refractivity contribution in [3.8, 4) is 11.8 Å². The van der Waals surface area contributed by atoms with Crippen LogP contribution in [0.5, 0.6) is 5.75 Å². The number of carbonyl (C=O) groups excluding carboxylic acids is 2. The second kappa shape index (κ2) is 7.23. The highest BCUT2D eigenvalue weighted by atomic mass is 16.5. The molecule has 0 fully saturated rings. The quantitative estimate of drug-likeness (QED) is 0.680. The number of methoxy groups -OCH3 is 1. The van der Waals surface area contributed by atoms with Crippen molar-refractivity contribution in [2.75, 3.05) is 12.4 Å². The Balaban J connectivity index is 2.19. The molecule has 1 atom stereocenters. The van der Waals surface area contributed by atoms with Gasteiger partial charge in [-0.1, -0.05) is 24.3 Å². The number of nitrogens with one attached hydrogen (secondary N) is 1. The molecule has 1 N–H and O–H groups in total. The van der Waals surface area contributed by atoms with Gasteiger partial charge in [-0.3, -0.25) is 9.59 Å². The number of rotatable bonds is 5. The van der Waals surface area contributed by atoms with Gasteiger partial charge in [0.05, 0.1) is 13.2 Å². The van der Waals surface area contributed by atoms with E-state index in [4.69, 9.17) is 4.74 Å². The van der Waals surface area contributed by atoms with Crippen LogP contribution >= 0.6 is 0 Å². The van der Waals surface area contributed by atoms with Crippen molar-refractivity contribution >= 4 is 17.4 Å². The standard InChI is InChI=1S/C18H16N2O3/c1-12-5-3-7-14(9-12)20-18(22)16(11-19)17(21)13-6-4-8-15(10-13)23-2/h3-10,16H,1-2H3,(H,20,22)/t16-/m0/s1. The van der Waals surface area contributed by atoms with Crippen LogP contribution in [0.4, 0.5) is 5.69 Å². The lowest BCUT2D eigenvalue weighted by atomic mass is 9.97. The van der Waals surface area contributed by atoms with Gasteiger partial charge in [-0.15, -0.1) is 0 Å². The van der Waals surface area contributed by atoms with E-state index < -0.39 is 17.6 Å². The molecule has 2 rings (SSSR count). The number of ketones is 1. The molecule has 0 aliphatic rings. The van der Waals surface area contributed by atoms with Gasteiger partial charge in [-0.05, 0) is 36.8 Å². The maximum Gasteiger partial charge on any atom is 0.249 e. The molecule has 116 valence electrons. The summed E-state index contributed by atoms with van der Waals surface area (Å²) in [5.74, 6) is -2.13. The first-order chi connectivity index (χ1) is 11.0. The van der Waals surface area contributed by atoms with E-state index in [0.717, 1.165) is 5.56 Å². The second-order valence-electron chi connectivity index (χ2n) is 5.02. The number of anilines is 1. The first-order valence-corrected chi connectivity index (χ1v) is 7.00. The Kier molecular flexibility index (Phi) is 5.11. The van der Waals surface area contributed by atoms with Crippen LogP contribution in [0.25, 0.3) is 0 Å². The third kappa shape index (κ3) is 3.95. The fourth-order valence-electron chi connectivity index (χ4n) is 2.12. The van der Waals surface area contributed by atoms with Crippen LogP contribution in [0.3, 0.4) is 0 Å². The van der Waals surface area contributed by atoms with E-state index in [2.05, 4.69) is 5.32 Å². The third-order valence-corrected chi connectivity index (χ3v) is 3.29. The monoisotopic (exact) mass is 308 g/mol. The fourth-order valence-corrected chi connectivity index (χ4v) is 2.12. The van der Waals surface area contributed by atoms with Gasteiger partial charge in [0.25, 0.3) is 0 Å². The smallest absolute Gasteiger partial charge is 0.249 e. The Labute approximate surface area is 134 Å². The van der Waals surface area contributed by atoms with E-state index >= 15 is 0 Å². The number of amides is 1. The molecule has 0 aliphatic heterocycles. The molecule has 0 radical (unpaired) electrons. The molecule has 0 heterocycles. The van der Waals surface area contributed by atoms with Gasteiger partial charge in [0.2, 0.25) is 5.91 Å². The summed E-state index contributed by atoms with van der Waals surface area (Å²) in [6, 6.07) is 15.3. The van der Waals surface area contributed by atoms with Crippen molar-refractivity contribution in [3.63, 3.8) is 0 Å². The van der Waals surface area contributed by atoms with Gasteiger partial charge >= 0.3 is 0 Å². The minimum Gasteiger partial charge on any atom is -0.497 e. The van der Waals surface area contributed by atoms with Gasteiger partial charge in [0.15, 0.2) is 11.7 Å². The molecule has 0 aliphatic carbocycles. The van der Waals surface area contributed by atoms with Gasteiger partial charge in [0.1, 0.15) is 5.75 Å². The summed E-state index contributed by atoms with van der Waals surface area (Å²) in [4.78, 5) is 24.6. The Morgan fingerprint density at radius 3 is 2.57 bits per heavy atom. The van der Waals surface area contributed by atoms with Crippen molar-refractivity contribution in [1.82, 2.24) is 0 Å². The van der Waals surface area contributed by atoms with E-state index in [9.17, 15) is 14.9 Å². The van der Waals surface area contributed by atoms with Gasteiger partial charge in [-0.2, -0.15) is 5.26 Å². The molecule has 1 amide bonds. The summed E-state index contributed by atoms with van der Waals surface area (Å²) >= 11 is 0. The molecule has 0 spiro atoms. The number of benzene rings is 2. The Hall–Kier alpha value is -3.13. The Bertz CT molecular complexity index is 778. The predicted molar refractivity (Wildman–Crippen MR) is 86.2 cm³/mol. The number of ether oxygens (including phenoxy) is 1. The van der Waals surface area contributed by atoms with Crippen LogP contribution in [-0.4, -0.2) is 18.8 Å². The lowest BCUT2D eigenvalue weighted by Gasteiger charge is -2.11. The molecule has 2 aromatic carbocycles. The maximum absolute atomic E-state index is 12.4. The normalized spacial score (nSPS) is 11.2. The molecule has 23 heavy (non-hydrogen) atoms. The fraction of sp³-hybridized carbons (Fsp3) is 0.167. The lowest BCUT2D eigenvalue weighted by Crippen LogP contribution is -2.28. The number of aryl methyl sites for hydroxylation is 1. The molecular weight excluding hydrogens is 292 g/mol. The number of Topliss-reactive ketones (excluding diaryl/α,β-unsaturated/α-hetero) is 1. The summed E-state index contributed by atoms with van der Waals surface area (Å²) in [5.41, 5.74) is 1.78. The second-order valence-corrected chi connectivity index (χ2v) is 5.02. The number of hydrogen-bond donors (Lipinski definition) is 1. The molecule has 0 bridgehead atoms. The molecule has 5 heteroatoms. The molecule has 0 saturated carbocycles. The molecule has 0 aromatic heterocycles. The highest BCUT2D eigenvalue weighted by Crippen LogP contribution is 2.18. The van der Waals surface area contributed by atoms with Crippen molar-refractivity contribution < 1.29 is 14.3 Å². The molecule has 5 nitrogen and oxygen atoms in total. The van der Waals surface area contributed by atoms with Gasteiger partial charge in [-0.25, -0.2) is 0 Å². The zero-order valence-electron chi connectivity index (χ0n) is 12.9. The van der Waals surface area contributed by atoms with Crippen LogP contribution in [0.15, 0.2) is 48.5 Å². The summed E-state index contributed by atoms with van der Waals surface area (Å²) in [5, 5.41) is 11.8. The van der Waals surface area contributed by atoms with Gasteiger partial charge in [0, 0.05) is 11.3 Å². The average Bonchev–Trinajstić information content (AvgIpc) is 2.55. The highest BCUT2D eigenvalue weighted by molar-refractivity contribution is 6.15. The zero-order valence-corrected chi connectivity index (χ0v) is 12.9. The van der Waals surface area contributed by atoms with E-state index in [1.54, 1.807) is 42.5 Å². The van der Waals surface area contributed by atoms with Crippen LogP contribution < -0.4 is 10.1 Å². The van der Waals surface area contributed by atoms with Crippen molar-refractivity contribution in [3.05, 3.63) is 59.7 Å². The van der Waals surface area contributed by atoms with E-state index in [-0.39, 0.29) is 5.56 Å². The Morgan fingerprint density at radius 1 is 1.17 bits per heavy atom. The number of nitriles is 1. The summed E-state index contributed by atoms with van der Waals surface area (Å²) < 4.78 is 5.05. The first kappa shape index (κ1) is 16.2. The van der Waals surface area contributed by atoms with E-state index in [1.165, 1.54) is 13.2 Å². The van der Waals surface area contributed by atoms with Crippen molar-refractivity contribution in [2.45, 2.75) is 6.92 Å². The number of nitrogens with zero attached hydrogens (tertiary/aromatic N) is 1. The third-order valence-electron chi connectivity index (χ3n) is 3.29. The molecule has 0 saturated heterocycles. The largest absolute Gasteiger partial charge is 0.497 e. The minimum absolute atomic E-state index is 0.260. The number of carbonyl (C=O) groups is 2. The van der Waals surface area contributed by atoms with Crippen LogP contribution in [0.2, 0.25) is 0 Å². The van der Waals surface area contributed by atoms with E-state index in [0.29, 0.717) is 11.4 Å². The SMILES string of the molecule is COc1cccc(C(=O)[C@H](C#N)C(=O)Nc2cccc(C)c2)c1. The Morgan fingerprint density at radius 2 is 1.91 bits per heavy atom. The first-order valence-electron chi connectivity index (χ1n) is 7.00. The average molecular weight is 308 g/mol. The maximum atomic E-state index is 12.4. The topological polar surface area (TPSA) is 79.2 Å². The van der Waals surface area contributed by atoms with E-state index in [1.807, 2.05) is 13.0 Å². The molecule has 2 aromatic rings. The highest BCUT2D eigenvalue weighted by Gasteiger charge is 2.27. The summed E-state index contributed by atoms with van der Waals surface area (Å²) in [7, 11) is 1.48. The van der Waals surface area contributed by atoms with Crippen molar-refractivity contribution in [2.24, 2.45) is 5.92 Å². The van der Waals surface area contributed by atoms with Crippen LogP contribution in [0, 0.1) is 24.2 Å². The summed E-state index contributed by atoms with van der Waals surface area (Å²) in [6.45, 7) is 1.89. The molecular formula is C18H16N2O3. The van der Waals surface area contributed by atoms with Crippen LogP contribution in [-0.2, 0) is 4.79 Å².